The second kappa shape index (κ2) is 10.9. The lowest BCUT2D eigenvalue weighted by Crippen LogP contribution is -2.64. The number of likely N-dealkylation sites (tertiary alicyclic amines) is 1. The summed E-state index contributed by atoms with van der Waals surface area (Å²) in [5.74, 6) is 0.0230. The lowest BCUT2D eigenvalue weighted by atomic mass is 9.86. The molecule has 29 heavy (non-hydrogen) atoms. The Hall–Kier alpha value is -0.890. The summed E-state index contributed by atoms with van der Waals surface area (Å²) in [5.41, 5.74) is -0.727. The zero-order valence-corrected chi connectivity index (χ0v) is 18.5. The number of ether oxygens (including phenoxy) is 1. The number of carbonyl (C=O) groups is 1. The molecule has 8 nitrogen and oxygen atoms in total. The number of amides is 1. The predicted molar refractivity (Wildman–Crippen MR) is 111 cm³/mol. The monoisotopic (exact) mass is 429 g/mol. The highest BCUT2D eigenvalue weighted by molar-refractivity contribution is 7.99. The summed E-state index contributed by atoms with van der Waals surface area (Å²) in [6.45, 7) is 4.82. The topological polar surface area (TPSA) is 126 Å². The first kappa shape index (κ1) is 24.4. The molecule has 1 unspecified atom stereocenters. The first-order valence-corrected chi connectivity index (χ1v) is 11.6. The Labute approximate surface area is 177 Å². The van der Waals surface area contributed by atoms with Gasteiger partial charge in [0.25, 0.3) is 0 Å². The largest absolute Gasteiger partial charge is 0.388 e. The van der Waals surface area contributed by atoms with Gasteiger partial charge in [0.05, 0.1) is 18.2 Å². The maximum Gasteiger partial charge on any atom is 0.237 e. The zero-order chi connectivity index (χ0) is 21.7. The van der Waals surface area contributed by atoms with E-state index in [1.54, 1.807) is 6.26 Å². The van der Waals surface area contributed by atoms with Crippen molar-refractivity contribution in [3.05, 3.63) is 0 Å². The molecule has 0 radical (unpaired) electrons. The Morgan fingerprint density at radius 2 is 2.03 bits per heavy atom. The Bertz CT molecular complexity index is 587. The van der Waals surface area contributed by atoms with Gasteiger partial charge in [-0.15, -0.1) is 11.8 Å². The summed E-state index contributed by atoms with van der Waals surface area (Å²) < 4.78 is 5.88. The normalized spacial score (nSPS) is 37.7. The van der Waals surface area contributed by atoms with Gasteiger partial charge in [0.2, 0.25) is 5.91 Å². The maximum atomic E-state index is 13.1. The maximum absolute atomic E-state index is 13.1. The number of carbonyl (C=O) groups excluding carboxylic acids is 1. The van der Waals surface area contributed by atoms with Crippen molar-refractivity contribution in [1.29, 1.82) is 5.26 Å². The third kappa shape index (κ3) is 5.63. The highest BCUT2D eigenvalue weighted by Gasteiger charge is 2.48. The van der Waals surface area contributed by atoms with Crippen molar-refractivity contribution in [3.63, 3.8) is 0 Å². The van der Waals surface area contributed by atoms with Crippen LogP contribution >= 0.6 is 11.8 Å². The molecule has 0 bridgehead atoms. The molecule has 9 atom stereocenters. The number of aliphatic hydroxyl groups is 3. The zero-order valence-electron chi connectivity index (χ0n) is 17.7. The molecule has 0 aromatic heterocycles. The van der Waals surface area contributed by atoms with Crippen molar-refractivity contribution in [2.24, 2.45) is 11.8 Å². The van der Waals surface area contributed by atoms with E-state index in [0.717, 1.165) is 25.8 Å². The van der Waals surface area contributed by atoms with Crippen LogP contribution in [0.5, 0.6) is 0 Å². The number of rotatable bonds is 8. The van der Waals surface area contributed by atoms with E-state index >= 15 is 0 Å². The SMILES string of the molecule is CCC[C@@H]1C[C@@H](C(=O)N[C@H](C(C)CC#N)[C@H]2O[C@H](SC)[C@H](O)[C@@H](O)[C@H]2O)N(C)C1. The fourth-order valence-corrected chi connectivity index (χ4v) is 5.15. The van der Waals surface area contributed by atoms with Crippen molar-refractivity contribution < 1.29 is 24.9 Å². The van der Waals surface area contributed by atoms with Crippen LogP contribution in [-0.2, 0) is 9.53 Å². The molecule has 2 rings (SSSR count). The molecule has 0 saturated carbocycles. The summed E-state index contributed by atoms with van der Waals surface area (Å²) in [6, 6.07) is 1.18. The highest BCUT2D eigenvalue weighted by atomic mass is 32.2. The molecule has 0 aliphatic carbocycles. The first-order chi connectivity index (χ1) is 13.7. The number of nitrogens with one attached hydrogen (secondary N) is 1. The molecule has 2 heterocycles. The van der Waals surface area contributed by atoms with Gasteiger partial charge in [-0.2, -0.15) is 5.26 Å². The molecule has 2 saturated heterocycles. The molecule has 0 aromatic carbocycles. The van der Waals surface area contributed by atoms with Crippen molar-refractivity contribution >= 4 is 17.7 Å². The number of thioether (sulfide) groups is 1. The van der Waals surface area contributed by atoms with Gasteiger partial charge in [-0.05, 0) is 38.0 Å². The van der Waals surface area contributed by atoms with Crippen LogP contribution < -0.4 is 5.32 Å². The van der Waals surface area contributed by atoms with E-state index in [1.165, 1.54) is 11.8 Å². The number of likely N-dealkylation sites (N-methyl/N-ethyl adjacent to an activating group) is 1. The third-order valence-corrected chi connectivity index (χ3v) is 7.02. The van der Waals surface area contributed by atoms with Crippen molar-refractivity contribution in [2.45, 2.75) is 81.5 Å². The molecule has 4 N–H and O–H groups in total. The molecule has 0 aromatic rings. The Balaban J connectivity index is 2.18. The molecular formula is C20H35N3O5S. The fraction of sp³-hybridized carbons (Fsp3) is 0.900. The van der Waals surface area contributed by atoms with Crippen LogP contribution in [0.25, 0.3) is 0 Å². The number of nitriles is 1. The standard InChI is InChI=1S/C20H35N3O5S/c1-5-6-12-9-13(23(3)10-12)19(27)22-14(11(2)7-8-21)18-16(25)15(24)17(26)20(28-18)29-4/h11-18,20,24-26H,5-7,9-10H2,1-4H3,(H,22,27)/t11?,12-,13+,14-,15+,16-,17-,18-,20-/m1/s1. The van der Waals surface area contributed by atoms with Crippen LogP contribution in [0.15, 0.2) is 0 Å². The molecule has 2 aliphatic rings. The smallest absolute Gasteiger partial charge is 0.237 e. The summed E-state index contributed by atoms with van der Waals surface area (Å²) in [7, 11) is 1.93. The average molecular weight is 430 g/mol. The Kier molecular flexibility index (Phi) is 9.19. The first-order valence-electron chi connectivity index (χ1n) is 10.3. The van der Waals surface area contributed by atoms with Crippen LogP contribution in [-0.4, -0.2) is 87.9 Å². The lowest BCUT2D eigenvalue weighted by Gasteiger charge is -2.44. The van der Waals surface area contributed by atoms with Gasteiger partial charge in [0.15, 0.2) is 0 Å². The van der Waals surface area contributed by atoms with Gasteiger partial charge in [-0.1, -0.05) is 20.3 Å². The van der Waals surface area contributed by atoms with E-state index < -0.39 is 35.9 Å². The second-order valence-corrected chi connectivity index (χ2v) is 9.33. The predicted octanol–water partition coefficient (Wildman–Crippen LogP) is 0.312. The van der Waals surface area contributed by atoms with E-state index in [1.807, 2.05) is 18.9 Å². The van der Waals surface area contributed by atoms with Gasteiger partial charge in [0, 0.05) is 13.0 Å². The Morgan fingerprint density at radius 3 is 2.62 bits per heavy atom. The number of hydrogen-bond donors (Lipinski definition) is 4. The molecule has 9 heteroatoms. The van der Waals surface area contributed by atoms with Gasteiger partial charge in [-0.3, -0.25) is 9.69 Å². The fourth-order valence-electron chi connectivity index (χ4n) is 4.47. The summed E-state index contributed by atoms with van der Waals surface area (Å²) in [4.78, 5) is 15.1. The number of nitrogens with zero attached hydrogens (tertiary/aromatic N) is 2. The van der Waals surface area contributed by atoms with Crippen molar-refractivity contribution in [2.75, 3.05) is 19.8 Å². The quantitative estimate of drug-likeness (QED) is 0.434. The minimum atomic E-state index is -1.39. The average Bonchev–Trinajstić information content (AvgIpc) is 3.05. The summed E-state index contributed by atoms with van der Waals surface area (Å²) in [5, 5.41) is 43.1. The summed E-state index contributed by atoms with van der Waals surface area (Å²) in [6.07, 6.45) is -0.0669. The van der Waals surface area contributed by atoms with Crippen LogP contribution in [0, 0.1) is 23.2 Å². The highest BCUT2D eigenvalue weighted by Crippen LogP contribution is 2.32. The van der Waals surface area contributed by atoms with Gasteiger partial charge >= 0.3 is 0 Å². The lowest BCUT2D eigenvalue weighted by molar-refractivity contribution is -0.208. The van der Waals surface area contributed by atoms with Crippen LogP contribution in [0.4, 0.5) is 0 Å². The molecule has 166 valence electrons. The minimum Gasteiger partial charge on any atom is -0.388 e. The van der Waals surface area contributed by atoms with Gasteiger partial charge < -0.3 is 25.4 Å². The number of aliphatic hydroxyl groups excluding tert-OH is 3. The minimum absolute atomic E-state index is 0.155. The van der Waals surface area contributed by atoms with E-state index in [-0.39, 0.29) is 24.3 Å². The van der Waals surface area contributed by atoms with E-state index in [4.69, 9.17) is 10.00 Å². The van der Waals surface area contributed by atoms with Crippen LogP contribution in [0.3, 0.4) is 0 Å². The van der Waals surface area contributed by atoms with Gasteiger partial charge in [0.1, 0.15) is 29.9 Å². The second-order valence-electron chi connectivity index (χ2n) is 8.40. The van der Waals surface area contributed by atoms with Crippen LogP contribution in [0.1, 0.15) is 39.5 Å². The number of hydrogen-bond acceptors (Lipinski definition) is 8. The van der Waals surface area contributed by atoms with Crippen molar-refractivity contribution in [1.82, 2.24) is 10.2 Å². The Morgan fingerprint density at radius 1 is 1.34 bits per heavy atom. The van der Waals surface area contributed by atoms with E-state index in [9.17, 15) is 20.1 Å². The van der Waals surface area contributed by atoms with E-state index in [0.29, 0.717) is 5.92 Å². The third-order valence-electron chi connectivity index (χ3n) is 6.16. The molecular weight excluding hydrogens is 394 g/mol. The molecule has 1 amide bonds. The molecule has 0 spiro atoms. The molecule has 2 fully saturated rings. The molecule has 2 aliphatic heterocycles. The summed E-state index contributed by atoms with van der Waals surface area (Å²) >= 11 is 1.23. The van der Waals surface area contributed by atoms with E-state index in [2.05, 4.69) is 18.3 Å². The van der Waals surface area contributed by atoms with Gasteiger partial charge in [-0.25, -0.2) is 0 Å². The van der Waals surface area contributed by atoms with Crippen molar-refractivity contribution in [3.8, 4) is 6.07 Å². The van der Waals surface area contributed by atoms with Crippen LogP contribution in [0.2, 0.25) is 0 Å².